The summed E-state index contributed by atoms with van der Waals surface area (Å²) in [4.78, 5) is 12.8. The quantitative estimate of drug-likeness (QED) is 0.692. The fourth-order valence-electron chi connectivity index (χ4n) is 3.36. The van der Waals surface area contributed by atoms with E-state index in [4.69, 9.17) is 16.7 Å². The predicted molar refractivity (Wildman–Crippen MR) is 96.2 cm³/mol. The molecule has 2 aromatic heterocycles. The Morgan fingerprint density at radius 1 is 1.08 bits per heavy atom. The Labute approximate surface area is 150 Å². The molecular weight excluding hydrogens is 336 g/mol. The van der Waals surface area contributed by atoms with Gasteiger partial charge in [-0.3, -0.25) is 4.79 Å². The maximum atomic E-state index is 12.8. The maximum Gasteiger partial charge on any atom is 0.176 e. The van der Waals surface area contributed by atoms with Gasteiger partial charge < -0.3 is 0 Å². The van der Waals surface area contributed by atoms with Crippen molar-refractivity contribution in [2.45, 2.75) is 32.1 Å². The van der Waals surface area contributed by atoms with Crippen LogP contribution in [0, 0.1) is 0 Å². The number of hydrogen-bond acceptors (Lipinski definition) is 4. The number of nitrogens with zero attached hydrogens (tertiary/aromatic N) is 4. The number of rotatable bonds is 2. The summed E-state index contributed by atoms with van der Waals surface area (Å²) in [7, 11) is 0. The second-order valence-electron chi connectivity index (χ2n) is 6.87. The van der Waals surface area contributed by atoms with Crippen molar-refractivity contribution in [2.24, 2.45) is 0 Å². The molecule has 0 aliphatic heterocycles. The summed E-state index contributed by atoms with van der Waals surface area (Å²) in [5.41, 5.74) is 3.01. The van der Waals surface area contributed by atoms with Crippen LogP contribution in [-0.4, -0.2) is 25.8 Å². The molecule has 5 nitrogen and oxygen atoms in total. The van der Waals surface area contributed by atoms with Crippen LogP contribution in [0.25, 0.3) is 17.1 Å². The predicted octanol–water partition coefficient (Wildman–Crippen LogP) is 4.24. The molecular formula is C19H17ClN4O. The van der Waals surface area contributed by atoms with Crippen molar-refractivity contribution in [3.05, 3.63) is 58.9 Å². The van der Waals surface area contributed by atoms with Gasteiger partial charge in [-0.25, -0.2) is 4.68 Å². The molecule has 6 heteroatoms. The lowest BCUT2D eigenvalue weighted by atomic mass is 9.75. The smallest absolute Gasteiger partial charge is 0.176 e. The second kappa shape index (κ2) is 5.77. The van der Waals surface area contributed by atoms with Crippen LogP contribution in [0.2, 0.25) is 5.15 Å². The first kappa shape index (κ1) is 16.0. The molecule has 126 valence electrons. The van der Waals surface area contributed by atoms with E-state index in [2.05, 4.69) is 24.0 Å². The van der Waals surface area contributed by atoms with Crippen molar-refractivity contribution >= 4 is 17.4 Å². The Morgan fingerprint density at radius 2 is 1.84 bits per heavy atom. The average molecular weight is 353 g/mol. The Hall–Kier alpha value is -2.53. The molecule has 0 saturated carbocycles. The molecule has 3 aromatic rings. The summed E-state index contributed by atoms with van der Waals surface area (Å²) in [6.45, 7) is 4.27. The van der Waals surface area contributed by atoms with Gasteiger partial charge in [0, 0.05) is 17.4 Å². The topological polar surface area (TPSA) is 60.7 Å². The molecule has 1 aliphatic carbocycles. The van der Waals surface area contributed by atoms with E-state index in [1.165, 1.54) is 0 Å². The number of fused-ring (bicyclic) bond motifs is 1. The first-order chi connectivity index (χ1) is 12.0. The van der Waals surface area contributed by atoms with Crippen molar-refractivity contribution in [3.63, 3.8) is 0 Å². The Balaban J connectivity index is 2.02. The lowest BCUT2D eigenvalue weighted by molar-refractivity contribution is 0.0956. The van der Waals surface area contributed by atoms with Gasteiger partial charge in [0.1, 0.15) is 5.69 Å². The summed E-state index contributed by atoms with van der Waals surface area (Å²) in [6, 6.07) is 13.2. The monoisotopic (exact) mass is 352 g/mol. The molecule has 1 aromatic carbocycles. The van der Waals surface area contributed by atoms with E-state index in [9.17, 15) is 4.79 Å². The largest absolute Gasteiger partial charge is 0.294 e. The number of Topliss-reactive ketones (excluding diaryl/α,β-unsaturated/α-hetero) is 1. The highest BCUT2D eigenvalue weighted by molar-refractivity contribution is 6.29. The Bertz CT molecular complexity index is 946. The van der Waals surface area contributed by atoms with Crippen LogP contribution >= 0.6 is 11.6 Å². The molecule has 0 N–H and O–H groups in total. The molecule has 0 fully saturated rings. The van der Waals surface area contributed by atoms with Gasteiger partial charge in [-0.15, -0.1) is 10.2 Å². The number of ketones is 1. The molecule has 25 heavy (non-hydrogen) atoms. The van der Waals surface area contributed by atoms with Crippen LogP contribution in [-0.2, 0) is 5.41 Å². The lowest BCUT2D eigenvalue weighted by Crippen LogP contribution is -2.29. The minimum Gasteiger partial charge on any atom is -0.294 e. The highest BCUT2D eigenvalue weighted by Crippen LogP contribution is 2.41. The van der Waals surface area contributed by atoms with Crippen molar-refractivity contribution in [2.75, 3.05) is 0 Å². The van der Waals surface area contributed by atoms with E-state index in [1.54, 1.807) is 16.8 Å². The fraction of sp³-hybridized carbons (Fsp3) is 0.263. The van der Waals surface area contributed by atoms with Crippen LogP contribution in [0.4, 0.5) is 0 Å². The second-order valence-corrected chi connectivity index (χ2v) is 7.26. The lowest BCUT2D eigenvalue weighted by Gasteiger charge is -2.30. The van der Waals surface area contributed by atoms with Gasteiger partial charge in [0.05, 0.1) is 11.3 Å². The normalized spacial score (nSPS) is 15.9. The first-order valence-electron chi connectivity index (χ1n) is 8.19. The van der Waals surface area contributed by atoms with E-state index < -0.39 is 0 Å². The van der Waals surface area contributed by atoms with E-state index in [-0.39, 0.29) is 11.2 Å². The zero-order chi connectivity index (χ0) is 17.6. The van der Waals surface area contributed by atoms with Gasteiger partial charge in [-0.2, -0.15) is 5.10 Å². The molecule has 0 saturated heterocycles. The number of carbonyl (C=O) groups excluding carboxylic acids is 1. The zero-order valence-corrected chi connectivity index (χ0v) is 14.8. The SMILES string of the molecule is CC1(C)CCC(=O)c2c(-c3ccccc3)nn(-c3ccc(Cl)nn3)c21. The van der Waals surface area contributed by atoms with Crippen molar-refractivity contribution in [1.29, 1.82) is 0 Å². The fourth-order valence-corrected chi connectivity index (χ4v) is 3.46. The average Bonchev–Trinajstić information content (AvgIpc) is 3.02. The third-order valence-electron chi connectivity index (χ3n) is 4.66. The molecule has 0 bridgehead atoms. The standard InChI is InChI=1S/C19H17ClN4O/c1-19(2)11-10-13(25)16-17(12-6-4-3-5-7-12)23-24(18(16)19)15-9-8-14(20)21-22-15/h3-9H,10-11H2,1-2H3. The molecule has 0 radical (unpaired) electrons. The third-order valence-corrected chi connectivity index (χ3v) is 4.87. The summed E-state index contributed by atoms with van der Waals surface area (Å²) in [5.74, 6) is 0.687. The van der Waals surface area contributed by atoms with Crippen molar-refractivity contribution < 1.29 is 4.79 Å². The van der Waals surface area contributed by atoms with Crippen LogP contribution in [0.15, 0.2) is 42.5 Å². The third kappa shape index (κ3) is 2.65. The van der Waals surface area contributed by atoms with Crippen LogP contribution < -0.4 is 0 Å². The summed E-state index contributed by atoms with van der Waals surface area (Å²) in [6.07, 6.45) is 1.30. The number of aromatic nitrogens is 4. The number of hydrogen-bond donors (Lipinski definition) is 0. The molecule has 2 heterocycles. The highest BCUT2D eigenvalue weighted by Gasteiger charge is 2.39. The van der Waals surface area contributed by atoms with Gasteiger partial charge >= 0.3 is 0 Å². The van der Waals surface area contributed by atoms with E-state index >= 15 is 0 Å². The van der Waals surface area contributed by atoms with Crippen molar-refractivity contribution in [3.8, 4) is 17.1 Å². The summed E-state index contributed by atoms with van der Waals surface area (Å²) in [5, 5.41) is 13.2. The molecule has 0 atom stereocenters. The summed E-state index contributed by atoms with van der Waals surface area (Å²) < 4.78 is 1.75. The van der Waals surface area contributed by atoms with E-state index in [0.717, 1.165) is 17.7 Å². The minimum absolute atomic E-state index is 0.126. The van der Waals surface area contributed by atoms with Gasteiger partial charge in [0.2, 0.25) is 0 Å². The van der Waals surface area contributed by atoms with Gasteiger partial charge in [0.15, 0.2) is 16.8 Å². The Kier molecular flexibility index (Phi) is 3.69. The van der Waals surface area contributed by atoms with Crippen molar-refractivity contribution in [1.82, 2.24) is 20.0 Å². The van der Waals surface area contributed by atoms with E-state index in [0.29, 0.717) is 28.6 Å². The number of benzene rings is 1. The van der Waals surface area contributed by atoms with Crippen LogP contribution in [0.1, 0.15) is 42.7 Å². The van der Waals surface area contributed by atoms with E-state index in [1.807, 2.05) is 30.3 Å². The zero-order valence-electron chi connectivity index (χ0n) is 14.0. The molecule has 0 amide bonds. The molecule has 0 spiro atoms. The molecule has 1 aliphatic rings. The number of carbonyl (C=O) groups is 1. The summed E-state index contributed by atoms with van der Waals surface area (Å²) >= 11 is 5.87. The molecule has 0 unspecified atom stereocenters. The van der Waals surface area contributed by atoms with Gasteiger partial charge in [0.25, 0.3) is 0 Å². The Morgan fingerprint density at radius 3 is 2.52 bits per heavy atom. The minimum atomic E-state index is -0.190. The first-order valence-corrected chi connectivity index (χ1v) is 8.57. The van der Waals surface area contributed by atoms with Crippen LogP contribution in [0.3, 0.4) is 0 Å². The van der Waals surface area contributed by atoms with Crippen LogP contribution in [0.5, 0.6) is 0 Å². The van der Waals surface area contributed by atoms with Gasteiger partial charge in [-0.05, 0) is 18.6 Å². The number of halogens is 1. The maximum absolute atomic E-state index is 12.8. The highest BCUT2D eigenvalue weighted by atomic mass is 35.5. The molecule has 4 rings (SSSR count). The van der Waals surface area contributed by atoms with Gasteiger partial charge in [-0.1, -0.05) is 55.8 Å².